The molecule has 3 aromatic rings. The van der Waals surface area contributed by atoms with Gasteiger partial charge in [0.15, 0.2) is 0 Å². The second kappa shape index (κ2) is 5.61. The van der Waals surface area contributed by atoms with Gasteiger partial charge >= 0.3 is 0 Å². The minimum atomic E-state index is -0.181. The fourth-order valence-electron chi connectivity index (χ4n) is 2.16. The molecule has 0 radical (unpaired) electrons. The average molecular weight is 313 g/mol. The van der Waals surface area contributed by atoms with E-state index in [0.717, 1.165) is 11.1 Å². The second-order valence-corrected chi connectivity index (χ2v) is 5.21. The summed E-state index contributed by atoms with van der Waals surface area (Å²) in [5.41, 5.74) is 8.56. The molecule has 1 aromatic carbocycles. The van der Waals surface area contributed by atoms with Crippen molar-refractivity contribution in [1.29, 1.82) is 0 Å². The van der Waals surface area contributed by atoms with Crippen LogP contribution in [0.3, 0.4) is 0 Å². The van der Waals surface area contributed by atoms with Gasteiger partial charge in [-0.25, -0.2) is 9.67 Å². The van der Waals surface area contributed by atoms with Crippen LogP contribution in [0.15, 0.2) is 53.3 Å². The molecule has 5 nitrogen and oxygen atoms in total. The summed E-state index contributed by atoms with van der Waals surface area (Å²) in [6.07, 6.45) is 0. The molecular weight excluding hydrogens is 300 g/mol. The zero-order valence-electron chi connectivity index (χ0n) is 11.8. The van der Waals surface area contributed by atoms with Crippen molar-refractivity contribution in [2.24, 2.45) is 7.05 Å². The molecule has 3 rings (SSSR count). The van der Waals surface area contributed by atoms with E-state index in [9.17, 15) is 4.79 Å². The monoisotopic (exact) mass is 312 g/mol. The lowest BCUT2D eigenvalue weighted by Crippen LogP contribution is -2.18. The molecule has 0 aliphatic heterocycles. The highest BCUT2D eigenvalue weighted by atomic mass is 35.5. The third kappa shape index (κ3) is 2.58. The molecule has 2 aromatic heterocycles. The largest absolute Gasteiger partial charge is 0.382 e. The Morgan fingerprint density at radius 2 is 1.86 bits per heavy atom. The van der Waals surface area contributed by atoms with Gasteiger partial charge in [0.05, 0.1) is 16.4 Å². The van der Waals surface area contributed by atoms with Crippen molar-refractivity contribution >= 4 is 17.4 Å². The quantitative estimate of drug-likeness (QED) is 0.789. The lowest BCUT2D eigenvalue weighted by molar-refractivity contribution is 0.712. The van der Waals surface area contributed by atoms with E-state index in [1.165, 1.54) is 10.7 Å². The summed E-state index contributed by atoms with van der Waals surface area (Å²) in [7, 11) is 1.60. The van der Waals surface area contributed by atoms with Gasteiger partial charge in [0.25, 0.3) is 5.56 Å². The topological polar surface area (TPSA) is 73.8 Å². The highest BCUT2D eigenvalue weighted by molar-refractivity contribution is 6.33. The fraction of sp³-hybridized carbons (Fsp3) is 0.0625. The highest BCUT2D eigenvalue weighted by Gasteiger charge is 2.14. The number of halogens is 1. The van der Waals surface area contributed by atoms with Gasteiger partial charge in [-0.1, -0.05) is 41.9 Å². The van der Waals surface area contributed by atoms with Crippen LogP contribution in [0.4, 0.5) is 5.82 Å². The van der Waals surface area contributed by atoms with Crippen molar-refractivity contribution in [3.63, 3.8) is 0 Å². The number of benzene rings is 1. The number of aromatic nitrogens is 3. The number of nitrogens with two attached hydrogens (primary N) is 1. The summed E-state index contributed by atoms with van der Waals surface area (Å²) in [4.78, 5) is 15.9. The Kier molecular flexibility index (Phi) is 3.65. The summed E-state index contributed by atoms with van der Waals surface area (Å²) in [6.45, 7) is 0. The van der Waals surface area contributed by atoms with E-state index in [4.69, 9.17) is 17.3 Å². The van der Waals surface area contributed by atoms with Crippen LogP contribution in [0.5, 0.6) is 0 Å². The molecule has 110 valence electrons. The molecule has 0 saturated heterocycles. The van der Waals surface area contributed by atoms with Gasteiger partial charge in [-0.15, -0.1) is 0 Å². The van der Waals surface area contributed by atoms with Crippen molar-refractivity contribution in [3.05, 3.63) is 63.9 Å². The van der Waals surface area contributed by atoms with Gasteiger partial charge in [-0.05, 0) is 12.1 Å². The molecule has 0 spiro atoms. The third-order valence-electron chi connectivity index (χ3n) is 3.29. The summed E-state index contributed by atoms with van der Waals surface area (Å²) in [5.74, 6) is 0.258. The molecule has 0 fully saturated rings. The number of nitrogens with zero attached hydrogens (tertiary/aromatic N) is 3. The molecule has 0 amide bonds. The second-order valence-electron chi connectivity index (χ2n) is 4.80. The molecule has 2 heterocycles. The molecule has 0 aliphatic carbocycles. The van der Waals surface area contributed by atoms with Gasteiger partial charge in [-0.3, -0.25) is 4.79 Å². The Hall–Kier alpha value is -2.66. The molecule has 2 N–H and O–H groups in total. The number of anilines is 1. The first kappa shape index (κ1) is 14.3. The molecule has 0 atom stereocenters. The number of rotatable bonds is 2. The lowest BCUT2D eigenvalue weighted by atomic mass is 10.0. The molecule has 0 saturated carbocycles. The highest BCUT2D eigenvalue weighted by Crippen LogP contribution is 2.33. The van der Waals surface area contributed by atoms with Crippen molar-refractivity contribution in [2.75, 3.05) is 5.73 Å². The third-order valence-corrected chi connectivity index (χ3v) is 3.59. The number of hydrogen-bond acceptors (Lipinski definition) is 4. The predicted molar refractivity (Wildman–Crippen MR) is 87.6 cm³/mol. The van der Waals surface area contributed by atoms with Gasteiger partial charge < -0.3 is 5.73 Å². The maximum atomic E-state index is 11.5. The minimum absolute atomic E-state index is 0.181. The van der Waals surface area contributed by atoms with E-state index in [1.54, 1.807) is 19.2 Å². The Bertz CT molecular complexity index is 890. The van der Waals surface area contributed by atoms with Crippen LogP contribution in [0.2, 0.25) is 5.02 Å². The molecule has 22 heavy (non-hydrogen) atoms. The Balaban J connectivity index is 2.28. The zero-order valence-corrected chi connectivity index (χ0v) is 12.6. The molecule has 6 heteroatoms. The average Bonchev–Trinajstić information content (AvgIpc) is 2.53. The first-order valence-electron chi connectivity index (χ1n) is 6.62. The first-order chi connectivity index (χ1) is 10.6. The van der Waals surface area contributed by atoms with Crippen LogP contribution in [-0.2, 0) is 7.05 Å². The molecular formula is C16H13ClN4O. The summed E-state index contributed by atoms with van der Waals surface area (Å²) in [6, 6.07) is 14.5. The minimum Gasteiger partial charge on any atom is -0.382 e. The lowest BCUT2D eigenvalue weighted by Gasteiger charge is -2.11. The van der Waals surface area contributed by atoms with Gasteiger partial charge in [-0.2, -0.15) is 5.10 Å². The van der Waals surface area contributed by atoms with Gasteiger partial charge in [0.1, 0.15) is 5.82 Å². The number of pyridine rings is 1. The van der Waals surface area contributed by atoms with Crippen LogP contribution in [0.1, 0.15) is 0 Å². The molecule has 0 aliphatic rings. The summed E-state index contributed by atoms with van der Waals surface area (Å²) >= 11 is 6.11. The van der Waals surface area contributed by atoms with E-state index >= 15 is 0 Å². The fourth-order valence-corrected chi connectivity index (χ4v) is 2.31. The van der Waals surface area contributed by atoms with Crippen molar-refractivity contribution < 1.29 is 0 Å². The molecule has 0 unspecified atom stereocenters. The van der Waals surface area contributed by atoms with Crippen LogP contribution < -0.4 is 11.3 Å². The van der Waals surface area contributed by atoms with Crippen molar-refractivity contribution in [2.45, 2.75) is 0 Å². The van der Waals surface area contributed by atoms with E-state index in [1.807, 2.05) is 30.3 Å². The summed E-state index contributed by atoms with van der Waals surface area (Å²) in [5, 5.41) is 4.62. The van der Waals surface area contributed by atoms with E-state index in [-0.39, 0.29) is 11.4 Å². The maximum Gasteiger partial charge on any atom is 0.266 e. The normalized spacial score (nSPS) is 10.6. The van der Waals surface area contributed by atoms with E-state index < -0.39 is 0 Å². The van der Waals surface area contributed by atoms with E-state index in [2.05, 4.69) is 10.1 Å². The SMILES string of the molecule is Cn1nc(-c2cc(Cl)c(N)nc2-c2ccccc2)ccc1=O. The molecule has 0 bridgehead atoms. The number of nitrogen functional groups attached to an aromatic ring is 1. The summed E-state index contributed by atoms with van der Waals surface area (Å²) < 4.78 is 1.27. The Morgan fingerprint density at radius 3 is 2.55 bits per heavy atom. The van der Waals surface area contributed by atoms with Crippen molar-refractivity contribution in [3.8, 4) is 22.5 Å². The smallest absolute Gasteiger partial charge is 0.266 e. The van der Waals surface area contributed by atoms with Crippen molar-refractivity contribution in [1.82, 2.24) is 14.8 Å². The number of aryl methyl sites for hydroxylation is 1. The van der Waals surface area contributed by atoms with Crippen LogP contribution in [0, 0.1) is 0 Å². The predicted octanol–water partition coefficient (Wildman–Crippen LogP) is 2.74. The zero-order chi connectivity index (χ0) is 15.7. The van der Waals surface area contributed by atoms with Gasteiger partial charge in [0, 0.05) is 24.2 Å². The van der Waals surface area contributed by atoms with E-state index in [0.29, 0.717) is 16.4 Å². The van der Waals surface area contributed by atoms with Gasteiger partial charge in [0.2, 0.25) is 0 Å². The first-order valence-corrected chi connectivity index (χ1v) is 7.00. The maximum absolute atomic E-state index is 11.5. The van der Waals surface area contributed by atoms with Crippen LogP contribution in [-0.4, -0.2) is 14.8 Å². The standard InChI is InChI=1S/C16H13ClN4O/c1-21-14(22)8-7-13(20-21)11-9-12(17)16(18)19-15(11)10-5-3-2-4-6-10/h2-9H,1H3,(H2,18,19). The Morgan fingerprint density at radius 1 is 1.14 bits per heavy atom. The number of hydrogen-bond donors (Lipinski definition) is 1. The van der Waals surface area contributed by atoms with Crippen LogP contribution in [0.25, 0.3) is 22.5 Å². The van der Waals surface area contributed by atoms with Crippen LogP contribution >= 0.6 is 11.6 Å². The Labute approximate surface area is 132 Å².